The zero-order chi connectivity index (χ0) is 16.4. The summed E-state index contributed by atoms with van der Waals surface area (Å²) in [7, 11) is 0. The van der Waals surface area contributed by atoms with E-state index in [1.54, 1.807) is 0 Å². The molecule has 0 radical (unpaired) electrons. The van der Waals surface area contributed by atoms with Gasteiger partial charge in [0, 0.05) is 0 Å². The minimum absolute atomic E-state index is 1.12. The van der Waals surface area contributed by atoms with E-state index < -0.39 is 0 Å². The summed E-state index contributed by atoms with van der Waals surface area (Å²) in [5, 5.41) is 0. The van der Waals surface area contributed by atoms with E-state index in [4.69, 9.17) is 0 Å². The molecule has 1 rings (SSSR count). The molecule has 0 saturated heterocycles. The molecule has 1 aromatic rings. The largest absolute Gasteiger partial charge is 0.0984 e. The Balaban J connectivity index is 3.37. The average molecular weight is 290 g/mol. The van der Waals surface area contributed by atoms with Gasteiger partial charge in [-0.05, 0) is 56.1 Å². The highest BCUT2D eigenvalue weighted by Gasteiger charge is 2.02. The third kappa shape index (κ3) is 5.57. The first-order valence-electron chi connectivity index (χ1n) is 7.66. The summed E-state index contributed by atoms with van der Waals surface area (Å²) in [6, 6.07) is 10.4. The summed E-state index contributed by atoms with van der Waals surface area (Å²) in [4.78, 5) is 0. The van der Waals surface area contributed by atoms with E-state index in [1.807, 2.05) is 31.2 Å². The van der Waals surface area contributed by atoms with Gasteiger partial charge in [-0.15, -0.1) is 0 Å². The SMILES string of the molecule is C=CC(=C\C=C/C)/C(C=C(C)C)=C/C(=C\C)c1ccccc1. The predicted octanol–water partition coefficient (Wildman–Crippen LogP) is 6.67. The molecule has 0 N–H and O–H groups in total. The first-order chi connectivity index (χ1) is 10.6. The molecule has 0 fully saturated rings. The molecule has 0 aliphatic carbocycles. The zero-order valence-corrected chi connectivity index (χ0v) is 14.1. The highest BCUT2D eigenvalue weighted by molar-refractivity contribution is 5.76. The van der Waals surface area contributed by atoms with E-state index in [0.717, 1.165) is 5.57 Å². The number of allylic oxidation sites excluding steroid dienone is 11. The number of benzene rings is 1. The Labute approximate surface area is 135 Å². The normalized spacial score (nSPS) is 13.4. The van der Waals surface area contributed by atoms with Crippen molar-refractivity contribution in [1.29, 1.82) is 0 Å². The predicted molar refractivity (Wildman–Crippen MR) is 101 cm³/mol. The minimum atomic E-state index is 1.12. The minimum Gasteiger partial charge on any atom is -0.0984 e. The van der Waals surface area contributed by atoms with Gasteiger partial charge in [-0.2, -0.15) is 0 Å². The maximum atomic E-state index is 3.96. The van der Waals surface area contributed by atoms with Crippen molar-refractivity contribution < 1.29 is 0 Å². The van der Waals surface area contributed by atoms with Crippen LogP contribution in [0.5, 0.6) is 0 Å². The zero-order valence-electron chi connectivity index (χ0n) is 14.1. The Bertz CT molecular complexity index is 628. The third-order valence-electron chi connectivity index (χ3n) is 3.19. The molecule has 0 saturated carbocycles. The highest BCUT2D eigenvalue weighted by Crippen LogP contribution is 2.23. The van der Waals surface area contributed by atoms with E-state index in [2.05, 4.69) is 75.9 Å². The fraction of sp³-hybridized carbons (Fsp3) is 0.182. The molecule has 0 aliphatic rings. The molecular formula is C22H26. The van der Waals surface area contributed by atoms with Crippen LogP contribution in [0.25, 0.3) is 5.57 Å². The van der Waals surface area contributed by atoms with Gasteiger partial charge < -0.3 is 0 Å². The van der Waals surface area contributed by atoms with Crippen LogP contribution in [0, 0.1) is 0 Å². The Morgan fingerprint density at radius 2 is 1.64 bits per heavy atom. The molecule has 0 spiro atoms. The lowest BCUT2D eigenvalue weighted by atomic mass is 9.97. The van der Waals surface area contributed by atoms with Gasteiger partial charge in [0.15, 0.2) is 0 Å². The van der Waals surface area contributed by atoms with Crippen molar-refractivity contribution in [2.45, 2.75) is 27.7 Å². The summed E-state index contributed by atoms with van der Waals surface area (Å²) < 4.78 is 0. The van der Waals surface area contributed by atoms with Crippen LogP contribution < -0.4 is 0 Å². The van der Waals surface area contributed by atoms with Crippen molar-refractivity contribution in [3.63, 3.8) is 0 Å². The van der Waals surface area contributed by atoms with Crippen LogP contribution in [-0.2, 0) is 0 Å². The summed E-state index contributed by atoms with van der Waals surface area (Å²) in [5.74, 6) is 0. The molecule has 0 aromatic heterocycles. The van der Waals surface area contributed by atoms with Gasteiger partial charge in [-0.3, -0.25) is 0 Å². The van der Waals surface area contributed by atoms with Crippen molar-refractivity contribution in [3.05, 3.63) is 102 Å². The second-order valence-corrected chi connectivity index (χ2v) is 5.28. The molecule has 1 aromatic carbocycles. The van der Waals surface area contributed by atoms with Crippen molar-refractivity contribution in [3.8, 4) is 0 Å². The summed E-state index contributed by atoms with van der Waals surface area (Å²) >= 11 is 0. The highest BCUT2D eigenvalue weighted by atomic mass is 14.1. The van der Waals surface area contributed by atoms with Crippen LogP contribution in [-0.4, -0.2) is 0 Å². The van der Waals surface area contributed by atoms with Crippen LogP contribution in [0.3, 0.4) is 0 Å². The standard InChI is InChI=1S/C22H26/c1-6-9-13-19(7-2)22(16-18(4)5)17-20(8-3)21-14-11-10-12-15-21/h6-17H,2H2,1,3-5H3/b9-6-,19-13+,20-8+,22-17+. The van der Waals surface area contributed by atoms with E-state index in [-0.39, 0.29) is 0 Å². The lowest BCUT2D eigenvalue weighted by Crippen LogP contribution is -1.88. The van der Waals surface area contributed by atoms with Gasteiger partial charge in [0.05, 0.1) is 0 Å². The summed E-state index contributed by atoms with van der Waals surface area (Å²) in [5.41, 5.74) is 5.99. The Morgan fingerprint density at radius 1 is 0.955 bits per heavy atom. The molecule has 0 atom stereocenters. The Morgan fingerprint density at radius 3 is 2.14 bits per heavy atom. The van der Waals surface area contributed by atoms with Crippen LogP contribution in [0.1, 0.15) is 33.3 Å². The fourth-order valence-corrected chi connectivity index (χ4v) is 2.13. The average Bonchev–Trinajstić information content (AvgIpc) is 2.53. The van der Waals surface area contributed by atoms with Crippen LogP contribution in [0.15, 0.2) is 96.2 Å². The number of rotatable bonds is 6. The van der Waals surface area contributed by atoms with Gasteiger partial charge in [-0.25, -0.2) is 0 Å². The van der Waals surface area contributed by atoms with Crippen molar-refractivity contribution in [2.24, 2.45) is 0 Å². The van der Waals surface area contributed by atoms with Crippen molar-refractivity contribution >= 4 is 5.57 Å². The van der Waals surface area contributed by atoms with E-state index >= 15 is 0 Å². The molecule has 0 bridgehead atoms. The third-order valence-corrected chi connectivity index (χ3v) is 3.19. The van der Waals surface area contributed by atoms with Crippen LogP contribution >= 0.6 is 0 Å². The first-order valence-corrected chi connectivity index (χ1v) is 7.66. The van der Waals surface area contributed by atoms with Gasteiger partial charge >= 0.3 is 0 Å². The van der Waals surface area contributed by atoms with Crippen molar-refractivity contribution in [2.75, 3.05) is 0 Å². The van der Waals surface area contributed by atoms with E-state index in [0.29, 0.717) is 0 Å². The smallest absolute Gasteiger partial charge is 0.0179 e. The summed E-state index contributed by atoms with van der Waals surface area (Å²) in [6.45, 7) is 12.3. The summed E-state index contributed by atoms with van der Waals surface area (Å²) in [6.07, 6.45) is 14.6. The van der Waals surface area contributed by atoms with E-state index in [9.17, 15) is 0 Å². The van der Waals surface area contributed by atoms with Crippen molar-refractivity contribution in [1.82, 2.24) is 0 Å². The lowest BCUT2D eigenvalue weighted by molar-refractivity contribution is 1.36. The van der Waals surface area contributed by atoms with Crippen LogP contribution in [0.4, 0.5) is 0 Å². The van der Waals surface area contributed by atoms with Gasteiger partial charge in [0.25, 0.3) is 0 Å². The second kappa shape index (κ2) is 9.57. The molecule has 114 valence electrons. The maximum absolute atomic E-state index is 3.96. The quantitative estimate of drug-likeness (QED) is 0.513. The first kappa shape index (κ1) is 17.7. The topological polar surface area (TPSA) is 0 Å². The fourth-order valence-electron chi connectivity index (χ4n) is 2.13. The lowest BCUT2D eigenvalue weighted by Gasteiger charge is -2.08. The van der Waals surface area contributed by atoms with E-state index in [1.165, 1.54) is 22.3 Å². The molecular weight excluding hydrogens is 264 g/mol. The molecule has 22 heavy (non-hydrogen) atoms. The molecule has 0 nitrogen and oxygen atoms in total. The Hall–Kier alpha value is -2.34. The number of hydrogen-bond donors (Lipinski definition) is 0. The number of hydrogen-bond acceptors (Lipinski definition) is 0. The van der Waals surface area contributed by atoms with Gasteiger partial charge in [0.1, 0.15) is 0 Å². The monoisotopic (exact) mass is 290 g/mol. The maximum Gasteiger partial charge on any atom is -0.0179 e. The Kier molecular flexibility index (Phi) is 7.70. The van der Waals surface area contributed by atoms with Gasteiger partial charge in [-0.1, -0.05) is 78.9 Å². The van der Waals surface area contributed by atoms with Gasteiger partial charge in [0.2, 0.25) is 0 Å². The second-order valence-electron chi connectivity index (χ2n) is 5.28. The molecule has 0 heterocycles. The molecule has 0 unspecified atom stereocenters. The van der Waals surface area contributed by atoms with Crippen LogP contribution in [0.2, 0.25) is 0 Å². The molecule has 0 amide bonds. The molecule has 0 aliphatic heterocycles. The molecule has 0 heteroatoms.